The number of rotatable bonds is 6. The van der Waals surface area contributed by atoms with Crippen molar-refractivity contribution in [1.82, 2.24) is 19.9 Å². The molecule has 0 saturated carbocycles. The molecule has 30 heavy (non-hydrogen) atoms. The Kier molecular flexibility index (Phi) is 6.09. The van der Waals surface area contributed by atoms with Crippen molar-refractivity contribution in [1.29, 1.82) is 0 Å². The van der Waals surface area contributed by atoms with Gasteiger partial charge in [0.25, 0.3) is 5.91 Å². The third-order valence-corrected chi connectivity index (χ3v) is 4.57. The lowest BCUT2D eigenvalue weighted by Gasteiger charge is -2.27. The predicted octanol–water partition coefficient (Wildman–Crippen LogP) is 2.66. The number of carbonyl (C=O) groups excluding carboxylic acids is 1. The maximum atomic E-state index is 12.6. The van der Waals surface area contributed by atoms with Gasteiger partial charge >= 0.3 is 0 Å². The number of para-hydroxylation sites is 1. The second-order valence-electron chi connectivity index (χ2n) is 6.70. The molecule has 9 heteroatoms. The summed E-state index contributed by atoms with van der Waals surface area (Å²) in [5.74, 6) is 1.97. The Labute approximate surface area is 174 Å². The Bertz CT molecular complexity index is 1010. The van der Waals surface area contributed by atoms with Gasteiger partial charge in [-0.25, -0.2) is 4.98 Å². The van der Waals surface area contributed by atoms with Crippen LogP contribution >= 0.6 is 0 Å². The van der Waals surface area contributed by atoms with Crippen molar-refractivity contribution in [3.05, 3.63) is 60.0 Å². The Balaban J connectivity index is 1.52. The fourth-order valence-corrected chi connectivity index (χ4v) is 3.01. The average Bonchev–Trinajstić information content (AvgIpc) is 2.80. The number of nitrogens with one attached hydrogen (secondary N) is 2. The van der Waals surface area contributed by atoms with Crippen LogP contribution < -0.4 is 15.5 Å². The minimum absolute atomic E-state index is 0.217. The van der Waals surface area contributed by atoms with E-state index < -0.39 is 0 Å². The van der Waals surface area contributed by atoms with E-state index in [1.54, 1.807) is 18.3 Å². The van der Waals surface area contributed by atoms with E-state index in [0.717, 1.165) is 18.8 Å². The van der Waals surface area contributed by atoms with Gasteiger partial charge in [-0.1, -0.05) is 25.1 Å². The first-order valence-corrected chi connectivity index (χ1v) is 9.88. The molecule has 0 aliphatic carbocycles. The van der Waals surface area contributed by atoms with Crippen molar-refractivity contribution in [2.45, 2.75) is 13.3 Å². The maximum absolute atomic E-state index is 12.6. The SMILES string of the molecule is CCc1nc(Nc2cc(C(=O)Nc3ccccc3)ccn2)nc(N2CCOCC2)n1. The molecule has 1 aromatic carbocycles. The summed E-state index contributed by atoms with van der Waals surface area (Å²) in [6, 6.07) is 12.6. The van der Waals surface area contributed by atoms with Crippen LogP contribution in [0.3, 0.4) is 0 Å². The number of ether oxygens (including phenoxy) is 1. The van der Waals surface area contributed by atoms with Crippen molar-refractivity contribution in [3.8, 4) is 0 Å². The second kappa shape index (κ2) is 9.27. The minimum Gasteiger partial charge on any atom is -0.378 e. The van der Waals surface area contributed by atoms with E-state index in [0.29, 0.717) is 48.7 Å². The quantitative estimate of drug-likeness (QED) is 0.645. The van der Waals surface area contributed by atoms with Crippen LogP contribution in [0.1, 0.15) is 23.1 Å². The van der Waals surface area contributed by atoms with E-state index in [4.69, 9.17) is 4.74 Å². The van der Waals surface area contributed by atoms with Crippen LogP contribution in [0.25, 0.3) is 0 Å². The summed E-state index contributed by atoms with van der Waals surface area (Å²) in [5.41, 5.74) is 1.21. The Morgan fingerprint density at radius 2 is 1.90 bits per heavy atom. The Morgan fingerprint density at radius 1 is 1.10 bits per heavy atom. The van der Waals surface area contributed by atoms with E-state index in [2.05, 4.69) is 35.5 Å². The third kappa shape index (κ3) is 4.87. The molecule has 1 amide bonds. The van der Waals surface area contributed by atoms with Gasteiger partial charge in [-0.15, -0.1) is 0 Å². The van der Waals surface area contributed by atoms with E-state index >= 15 is 0 Å². The number of amides is 1. The molecule has 9 nitrogen and oxygen atoms in total. The number of morpholine rings is 1. The normalized spacial score (nSPS) is 13.7. The number of aryl methyl sites for hydroxylation is 1. The zero-order valence-corrected chi connectivity index (χ0v) is 16.7. The molecule has 2 N–H and O–H groups in total. The van der Waals surface area contributed by atoms with Crippen molar-refractivity contribution >= 4 is 29.3 Å². The van der Waals surface area contributed by atoms with Crippen LogP contribution in [0.4, 0.5) is 23.4 Å². The minimum atomic E-state index is -0.217. The van der Waals surface area contributed by atoms with Crippen LogP contribution in [0.2, 0.25) is 0 Å². The Morgan fingerprint density at radius 3 is 2.67 bits per heavy atom. The molecule has 3 heterocycles. The van der Waals surface area contributed by atoms with Crippen molar-refractivity contribution < 1.29 is 9.53 Å². The summed E-state index contributed by atoms with van der Waals surface area (Å²) >= 11 is 0. The van der Waals surface area contributed by atoms with Crippen LogP contribution in [0.15, 0.2) is 48.7 Å². The molecule has 1 aliphatic rings. The van der Waals surface area contributed by atoms with Gasteiger partial charge in [-0.3, -0.25) is 4.79 Å². The van der Waals surface area contributed by atoms with Gasteiger partial charge < -0.3 is 20.3 Å². The molecule has 2 aromatic heterocycles. The molecule has 0 radical (unpaired) electrons. The maximum Gasteiger partial charge on any atom is 0.255 e. The van der Waals surface area contributed by atoms with Gasteiger partial charge in [0.2, 0.25) is 11.9 Å². The fraction of sp³-hybridized carbons (Fsp3) is 0.286. The van der Waals surface area contributed by atoms with E-state index in [9.17, 15) is 4.79 Å². The summed E-state index contributed by atoms with van der Waals surface area (Å²) in [6.07, 6.45) is 2.26. The topological polar surface area (TPSA) is 105 Å². The highest BCUT2D eigenvalue weighted by atomic mass is 16.5. The van der Waals surface area contributed by atoms with E-state index in [1.165, 1.54) is 0 Å². The molecule has 0 atom stereocenters. The number of hydrogen-bond donors (Lipinski definition) is 2. The molecule has 154 valence electrons. The molecule has 0 spiro atoms. The summed E-state index contributed by atoms with van der Waals surface area (Å²) in [4.78, 5) is 32.5. The lowest BCUT2D eigenvalue weighted by Crippen LogP contribution is -2.37. The summed E-state index contributed by atoms with van der Waals surface area (Å²) < 4.78 is 5.41. The van der Waals surface area contributed by atoms with E-state index in [-0.39, 0.29) is 5.91 Å². The predicted molar refractivity (Wildman–Crippen MR) is 114 cm³/mol. The molecule has 0 unspecified atom stereocenters. The molecular formula is C21H23N7O2. The molecule has 1 saturated heterocycles. The number of anilines is 4. The highest BCUT2D eigenvalue weighted by Gasteiger charge is 2.17. The first kappa shape index (κ1) is 19.7. The van der Waals surface area contributed by atoms with Crippen LogP contribution in [-0.4, -0.2) is 52.1 Å². The fourth-order valence-electron chi connectivity index (χ4n) is 3.01. The van der Waals surface area contributed by atoms with Gasteiger partial charge in [-0.2, -0.15) is 15.0 Å². The highest BCUT2D eigenvalue weighted by molar-refractivity contribution is 6.04. The first-order chi connectivity index (χ1) is 14.7. The number of nitrogens with zero attached hydrogens (tertiary/aromatic N) is 5. The van der Waals surface area contributed by atoms with Crippen molar-refractivity contribution in [2.75, 3.05) is 41.8 Å². The van der Waals surface area contributed by atoms with Crippen molar-refractivity contribution in [2.24, 2.45) is 0 Å². The molecule has 0 bridgehead atoms. The highest BCUT2D eigenvalue weighted by Crippen LogP contribution is 2.17. The monoisotopic (exact) mass is 405 g/mol. The van der Waals surface area contributed by atoms with Crippen LogP contribution in [-0.2, 0) is 11.2 Å². The number of aromatic nitrogens is 4. The van der Waals surface area contributed by atoms with E-state index in [1.807, 2.05) is 37.3 Å². The molecule has 1 fully saturated rings. The third-order valence-electron chi connectivity index (χ3n) is 4.57. The smallest absolute Gasteiger partial charge is 0.255 e. The number of benzene rings is 1. The van der Waals surface area contributed by atoms with Gasteiger partial charge in [0.15, 0.2) is 0 Å². The number of carbonyl (C=O) groups is 1. The van der Waals surface area contributed by atoms with Gasteiger partial charge in [0.05, 0.1) is 13.2 Å². The van der Waals surface area contributed by atoms with Gasteiger partial charge in [-0.05, 0) is 24.3 Å². The Hall–Kier alpha value is -3.59. The largest absolute Gasteiger partial charge is 0.378 e. The lowest BCUT2D eigenvalue weighted by molar-refractivity contribution is 0.102. The van der Waals surface area contributed by atoms with Crippen LogP contribution in [0.5, 0.6) is 0 Å². The van der Waals surface area contributed by atoms with Gasteiger partial charge in [0.1, 0.15) is 11.6 Å². The molecule has 3 aromatic rings. The average molecular weight is 405 g/mol. The standard InChI is InChI=1S/C21H23N7O2/c1-2-17-24-20(27-21(26-17)28-10-12-30-13-11-28)25-18-14-15(8-9-22-18)19(29)23-16-6-4-3-5-7-16/h3-9,14H,2,10-13H2,1H3,(H,23,29)(H,22,24,25,26,27). The lowest BCUT2D eigenvalue weighted by atomic mass is 10.2. The zero-order chi connectivity index (χ0) is 20.8. The molecule has 4 rings (SSSR count). The van der Waals surface area contributed by atoms with Gasteiger partial charge in [0, 0.05) is 37.0 Å². The number of hydrogen-bond acceptors (Lipinski definition) is 8. The van der Waals surface area contributed by atoms with Crippen LogP contribution in [0, 0.1) is 0 Å². The summed E-state index contributed by atoms with van der Waals surface area (Å²) in [6.45, 7) is 4.76. The zero-order valence-electron chi connectivity index (χ0n) is 16.7. The second-order valence-corrected chi connectivity index (χ2v) is 6.70. The summed E-state index contributed by atoms with van der Waals surface area (Å²) in [5, 5.41) is 5.97. The molecule has 1 aliphatic heterocycles. The first-order valence-electron chi connectivity index (χ1n) is 9.88. The number of pyridine rings is 1. The summed E-state index contributed by atoms with van der Waals surface area (Å²) in [7, 11) is 0. The van der Waals surface area contributed by atoms with Crippen molar-refractivity contribution in [3.63, 3.8) is 0 Å². The molecular weight excluding hydrogens is 382 g/mol.